The van der Waals surface area contributed by atoms with E-state index in [1.165, 1.54) is 0 Å². The van der Waals surface area contributed by atoms with Crippen molar-refractivity contribution < 1.29 is 29.3 Å². The van der Waals surface area contributed by atoms with Crippen LogP contribution in [0.25, 0.3) is 0 Å². The predicted octanol–water partition coefficient (Wildman–Crippen LogP) is 2.41. The Hall–Kier alpha value is -2.84. The number of hydrogen-bond acceptors (Lipinski definition) is 8. The molecule has 0 saturated heterocycles. The molecule has 0 bridgehead atoms. The van der Waals surface area contributed by atoms with Gasteiger partial charge in [0, 0.05) is 24.8 Å². The van der Waals surface area contributed by atoms with Gasteiger partial charge >= 0.3 is 11.9 Å². The smallest absolute Gasteiger partial charge is 0.338 e. The van der Waals surface area contributed by atoms with Gasteiger partial charge in [0.25, 0.3) is 0 Å². The second kappa shape index (κ2) is 15.0. The number of pyridine rings is 2. The molecule has 2 N–H and O–H groups in total. The molecular weight excluding hydrogens is 412 g/mol. The summed E-state index contributed by atoms with van der Waals surface area (Å²) < 4.78 is 9.91. The van der Waals surface area contributed by atoms with Gasteiger partial charge in [0.15, 0.2) is 12.2 Å². The molecule has 0 spiro atoms. The molecule has 2 rings (SSSR count). The minimum absolute atomic E-state index is 0.113. The molecule has 2 aromatic heterocycles. The summed E-state index contributed by atoms with van der Waals surface area (Å²) in [6, 6.07) is 7.79. The summed E-state index contributed by atoms with van der Waals surface area (Å²) in [7, 11) is 0. The first-order valence-corrected chi connectivity index (χ1v) is 11.0. The number of aromatic nitrogens is 2. The Bertz CT molecular complexity index is 720. The Labute approximate surface area is 188 Å². The fourth-order valence-electron chi connectivity index (χ4n) is 3.08. The zero-order valence-corrected chi connectivity index (χ0v) is 18.3. The van der Waals surface area contributed by atoms with E-state index in [4.69, 9.17) is 9.47 Å². The molecular formula is C24H32N2O6. The number of aliphatic hydroxyl groups excluding tert-OH is 2. The van der Waals surface area contributed by atoms with E-state index in [0.29, 0.717) is 12.8 Å². The van der Waals surface area contributed by atoms with Crippen molar-refractivity contribution in [3.8, 4) is 0 Å². The Morgan fingerprint density at radius 1 is 0.719 bits per heavy atom. The number of unbranched alkanes of at least 4 members (excludes halogenated alkanes) is 4. The van der Waals surface area contributed by atoms with Crippen molar-refractivity contribution >= 4 is 11.9 Å². The van der Waals surface area contributed by atoms with Crippen molar-refractivity contribution in [3.63, 3.8) is 0 Å². The first kappa shape index (κ1) is 25.4. The van der Waals surface area contributed by atoms with E-state index in [2.05, 4.69) is 9.97 Å². The van der Waals surface area contributed by atoms with Crippen molar-refractivity contribution in [2.75, 3.05) is 13.2 Å². The molecule has 0 aromatic carbocycles. The second-order valence-corrected chi connectivity index (χ2v) is 7.57. The Balaban J connectivity index is 1.50. The predicted molar refractivity (Wildman–Crippen MR) is 118 cm³/mol. The average Bonchev–Trinajstić information content (AvgIpc) is 2.83. The van der Waals surface area contributed by atoms with Crippen LogP contribution >= 0.6 is 0 Å². The number of rotatable bonds is 15. The molecule has 0 amide bonds. The Kier molecular flexibility index (Phi) is 12.0. The quantitative estimate of drug-likeness (QED) is 0.318. The number of aryl methyl sites for hydroxylation is 2. The largest absolute Gasteiger partial charge is 0.464 e. The standard InChI is InChI=1S/C24H32N2O6/c27-21(23(29)31-15-5-1-3-9-19-11-7-13-25-17-19)22(28)24(30)32-16-6-2-4-10-20-12-8-14-26-18-20/h7-8,11-14,17-18,21-22,27-28H,1-6,9-10,15-16H2/t21-,22-/m1/s1. The van der Waals surface area contributed by atoms with Crippen LogP contribution < -0.4 is 0 Å². The minimum atomic E-state index is -1.96. The molecule has 2 heterocycles. The Morgan fingerprint density at radius 3 is 1.53 bits per heavy atom. The summed E-state index contributed by atoms with van der Waals surface area (Å²) in [5, 5.41) is 19.7. The molecule has 0 aliphatic carbocycles. The van der Waals surface area contributed by atoms with Crippen molar-refractivity contribution in [1.29, 1.82) is 0 Å². The third-order valence-electron chi connectivity index (χ3n) is 4.94. The summed E-state index contributed by atoms with van der Waals surface area (Å²) in [6.45, 7) is 0.225. The molecule has 8 heteroatoms. The van der Waals surface area contributed by atoms with Crippen LogP contribution in [-0.2, 0) is 31.9 Å². The number of carbonyl (C=O) groups is 2. The van der Waals surface area contributed by atoms with Crippen LogP contribution in [0.15, 0.2) is 49.1 Å². The third-order valence-corrected chi connectivity index (χ3v) is 4.94. The van der Waals surface area contributed by atoms with Gasteiger partial charge in [-0.3, -0.25) is 9.97 Å². The maximum Gasteiger partial charge on any atom is 0.338 e. The highest BCUT2D eigenvalue weighted by Gasteiger charge is 2.32. The average molecular weight is 445 g/mol. The number of ether oxygens (including phenoxy) is 2. The lowest BCUT2D eigenvalue weighted by Crippen LogP contribution is -2.41. The summed E-state index contributed by atoms with van der Waals surface area (Å²) in [6.07, 6.45) is 9.71. The number of aliphatic hydroxyl groups is 2. The maximum absolute atomic E-state index is 11.8. The molecule has 0 aliphatic rings. The minimum Gasteiger partial charge on any atom is -0.464 e. The zero-order valence-electron chi connectivity index (χ0n) is 18.3. The summed E-state index contributed by atoms with van der Waals surface area (Å²) in [5.41, 5.74) is 2.30. The number of carbonyl (C=O) groups excluding carboxylic acids is 2. The van der Waals surface area contributed by atoms with Crippen molar-refractivity contribution in [2.45, 2.75) is 63.6 Å². The van der Waals surface area contributed by atoms with Crippen molar-refractivity contribution in [1.82, 2.24) is 9.97 Å². The first-order chi connectivity index (χ1) is 15.6. The highest BCUT2D eigenvalue weighted by molar-refractivity contribution is 5.85. The van der Waals surface area contributed by atoms with Crippen LogP contribution in [0.2, 0.25) is 0 Å². The van der Waals surface area contributed by atoms with Gasteiger partial charge in [-0.15, -0.1) is 0 Å². The molecule has 0 fully saturated rings. The van der Waals surface area contributed by atoms with E-state index in [0.717, 1.165) is 49.7 Å². The molecule has 0 radical (unpaired) electrons. The second-order valence-electron chi connectivity index (χ2n) is 7.57. The Morgan fingerprint density at radius 2 is 1.16 bits per heavy atom. The van der Waals surface area contributed by atoms with Gasteiger partial charge in [-0.1, -0.05) is 12.1 Å². The lowest BCUT2D eigenvalue weighted by atomic mass is 10.1. The lowest BCUT2D eigenvalue weighted by Gasteiger charge is -2.16. The van der Waals surface area contributed by atoms with E-state index < -0.39 is 24.1 Å². The highest BCUT2D eigenvalue weighted by Crippen LogP contribution is 2.08. The highest BCUT2D eigenvalue weighted by atomic mass is 16.6. The van der Waals surface area contributed by atoms with E-state index in [1.54, 1.807) is 12.4 Å². The van der Waals surface area contributed by atoms with Gasteiger partial charge in [-0.05, 0) is 74.6 Å². The monoisotopic (exact) mass is 444 g/mol. The van der Waals surface area contributed by atoms with Crippen LogP contribution in [0.4, 0.5) is 0 Å². The van der Waals surface area contributed by atoms with Crippen LogP contribution in [0.3, 0.4) is 0 Å². The molecule has 2 atom stereocenters. The van der Waals surface area contributed by atoms with E-state index in [9.17, 15) is 19.8 Å². The van der Waals surface area contributed by atoms with Crippen molar-refractivity contribution in [2.24, 2.45) is 0 Å². The SMILES string of the molecule is O=C(OCCCCCc1cccnc1)[C@H](O)[C@@H](O)C(=O)OCCCCCc1cccnc1. The number of hydrogen-bond donors (Lipinski definition) is 2. The summed E-state index contributed by atoms with van der Waals surface area (Å²) in [5.74, 6) is -2.06. The summed E-state index contributed by atoms with van der Waals surface area (Å²) in [4.78, 5) is 31.8. The van der Waals surface area contributed by atoms with Crippen LogP contribution in [-0.4, -0.2) is 57.5 Å². The fraction of sp³-hybridized carbons (Fsp3) is 0.500. The number of nitrogens with zero attached hydrogens (tertiary/aromatic N) is 2. The zero-order chi connectivity index (χ0) is 23.0. The van der Waals surface area contributed by atoms with Gasteiger partial charge < -0.3 is 19.7 Å². The van der Waals surface area contributed by atoms with E-state index >= 15 is 0 Å². The van der Waals surface area contributed by atoms with E-state index in [1.807, 2.05) is 36.7 Å². The number of esters is 2. The maximum atomic E-state index is 11.8. The lowest BCUT2D eigenvalue weighted by molar-refractivity contribution is -0.173. The molecule has 0 aliphatic heterocycles. The van der Waals surface area contributed by atoms with Gasteiger partial charge in [0.05, 0.1) is 13.2 Å². The molecule has 0 saturated carbocycles. The van der Waals surface area contributed by atoms with Gasteiger partial charge in [-0.25, -0.2) is 9.59 Å². The topological polar surface area (TPSA) is 119 Å². The third kappa shape index (κ3) is 9.98. The van der Waals surface area contributed by atoms with Gasteiger partial charge in [0.2, 0.25) is 0 Å². The molecule has 32 heavy (non-hydrogen) atoms. The van der Waals surface area contributed by atoms with E-state index in [-0.39, 0.29) is 13.2 Å². The molecule has 2 aromatic rings. The summed E-state index contributed by atoms with van der Waals surface area (Å²) >= 11 is 0. The van der Waals surface area contributed by atoms with Gasteiger partial charge in [-0.2, -0.15) is 0 Å². The molecule has 0 unspecified atom stereocenters. The fourth-order valence-corrected chi connectivity index (χ4v) is 3.08. The first-order valence-electron chi connectivity index (χ1n) is 11.0. The van der Waals surface area contributed by atoms with Crippen LogP contribution in [0, 0.1) is 0 Å². The van der Waals surface area contributed by atoms with Gasteiger partial charge in [0.1, 0.15) is 0 Å². The molecule has 8 nitrogen and oxygen atoms in total. The van der Waals surface area contributed by atoms with Crippen molar-refractivity contribution in [3.05, 3.63) is 60.2 Å². The van der Waals surface area contributed by atoms with Crippen LogP contribution in [0.1, 0.15) is 49.7 Å². The molecule has 174 valence electrons. The normalized spacial score (nSPS) is 12.7. The van der Waals surface area contributed by atoms with Crippen LogP contribution in [0.5, 0.6) is 0 Å².